The zero-order chi connectivity index (χ0) is 25.7. The van der Waals surface area contributed by atoms with Gasteiger partial charge in [-0.2, -0.15) is 0 Å². The first-order valence-electron chi connectivity index (χ1n) is 12.5. The van der Waals surface area contributed by atoms with E-state index in [4.69, 9.17) is 4.74 Å². The molecule has 1 unspecified atom stereocenters. The smallest absolute Gasteiger partial charge is 0.325 e. The summed E-state index contributed by atoms with van der Waals surface area (Å²) in [5.41, 5.74) is 0.583. The Kier molecular flexibility index (Phi) is 7.88. The highest BCUT2D eigenvalue weighted by atomic mass is 16.5. The van der Waals surface area contributed by atoms with Crippen molar-refractivity contribution in [2.45, 2.75) is 31.2 Å². The van der Waals surface area contributed by atoms with Gasteiger partial charge in [0.15, 0.2) is 0 Å². The molecule has 2 aliphatic rings. The molecule has 0 saturated carbocycles. The van der Waals surface area contributed by atoms with E-state index >= 15 is 0 Å². The summed E-state index contributed by atoms with van der Waals surface area (Å²) in [6.45, 7) is 1.95. The van der Waals surface area contributed by atoms with E-state index in [0.29, 0.717) is 63.3 Å². The Morgan fingerprint density at radius 3 is 2.53 bits per heavy atom. The van der Waals surface area contributed by atoms with Gasteiger partial charge in [0.1, 0.15) is 11.1 Å². The lowest BCUT2D eigenvalue weighted by atomic mass is 9.74. The second-order valence-electron chi connectivity index (χ2n) is 9.77. The number of carbonyl (C=O) groups excluding carboxylic acids is 3. The molecule has 0 spiro atoms. The average Bonchev–Trinajstić information content (AvgIpc) is 3.15. The predicted octanol–water partition coefficient (Wildman–Crippen LogP) is 2.43. The van der Waals surface area contributed by atoms with Gasteiger partial charge < -0.3 is 19.9 Å². The number of likely N-dealkylation sites (tertiary alicyclic amines) is 1. The first-order valence-corrected chi connectivity index (χ1v) is 12.5. The molecule has 9 nitrogen and oxygen atoms in total. The highest BCUT2D eigenvalue weighted by Gasteiger charge is 2.55. The molecule has 4 rings (SSSR count). The van der Waals surface area contributed by atoms with Crippen LogP contribution in [0.3, 0.4) is 0 Å². The van der Waals surface area contributed by atoms with Crippen molar-refractivity contribution in [1.82, 2.24) is 25.0 Å². The maximum Gasteiger partial charge on any atom is 0.325 e. The number of nitrogens with one attached hydrogen (secondary N) is 1. The lowest BCUT2D eigenvalue weighted by Crippen LogP contribution is -2.57. The fraction of sp³-hybridized carbons (Fsp3) is 0.481. The molecule has 1 atom stereocenters. The van der Waals surface area contributed by atoms with Crippen molar-refractivity contribution in [1.29, 1.82) is 0 Å². The Balaban J connectivity index is 1.52. The van der Waals surface area contributed by atoms with Crippen molar-refractivity contribution in [3.63, 3.8) is 0 Å². The van der Waals surface area contributed by atoms with E-state index in [0.717, 1.165) is 5.56 Å². The van der Waals surface area contributed by atoms with E-state index < -0.39 is 5.54 Å². The number of pyridine rings is 1. The molecule has 2 saturated heterocycles. The number of aryl methyl sites for hydroxylation is 1. The summed E-state index contributed by atoms with van der Waals surface area (Å²) in [4.78, 5) is 49.2. The molecule has 4 amide bonds. The van der Waals surface area contributed by atoms with Crippen LogP contribution in [0.4, 0.5) is 4.79 Å². The molecule has 0 bridgehead atoms. The van der Waals surface area contributed by atoms with Gasteiger partial charge in [0.25, 0.3) is 11.8 Å². The van der Waals surface area contributed by atoms with Crippen LogP contribution in [-0.4, -0.2) is 90.5 Å². The molecule has 192 valence electrons. The number of imide groups is 1. The maximum absolute atomic E-state index is 13.8. The largest absolute Gasteiger partial charge is 0.480 e. The topological polar surface area (TPSA) is 95.1 Å². The number of urea groups is 1. The molecule has 2 fully saturated rings. The van der Waals surface area contributed by atoms with Gasteiger partial charge in [-0.25, -0.2) is 9.78 Å². The monoisotopic (exact) mass is 493 g/mol. The Labute approximate surface area is 212 Å². The Bertz CT molecular complexity index is 1080. The van der Waals surface area contributed by atoms with Crippen LogP contribution in [0.25, 0.3) is 0 Å². The maximum atomic E-state index is 13.8. The van der Waals surface area contributed by atoms with Gasteiger partial charge in [-0.15, -0.1) is 0 Å². The minimum atomic E-state index is -0.972. The van der Waals surface area contributed by atoms with Crippen molar-refractivity contribution in [3.8, 4) is 5.88 Å². The average molecular weight is 494 g/mol. The Morgan fingerprint density at radius 2 is 1.86 bits per heavy atom. The van der Waals surface area contributed by atoms with E-state index in [1.807, 2.05) is 49.3 Å². The van der Waals surface area contributed by atoms with Gasteiger partial charge in [-0.05, 0) is 63.4 Å². The zero-order valence-corrected chi connectivity index (χ0v) is 21.3. The second kappa shape index (κ2) is 11.1. The number of aromatic nitrogens is 1. The minimum absolute atomic E-state index is 0.0677. The van der Waals surface area contributed by atoms with Crippen molar-refractivity contribution in [3.05, 3.63) is 59.8 Å². The third-order valence-corrected chi connectivity index (χ3v) is 7.30. The predicted molar refractivity (Wildman–Crippen MR) is 136 cm³/mol. The number of carbonyl (C=O) groups is 3. The van der Waals surface area contributed by atoms with Crippen LogP contribution in [0.2, 0.25) is 0 Å². The van der Waals surface area contributed by atoms with Crippen molar-refractivity contribution < 1.29 is 19.1 Å². The van der Waals surface area contributed by atoms with Crippen LogP contribution >= 0.6 is 0 Å². The third kappa shape index (κ3) is 5.21. The molecule has 2 aromatic rings. The Morgan fingerprint density at radius 1 is 1.14 bits per heavy atom. The number of piperidine rings is 1. The summed E-state index contributed by atoms with van der Waals surface area (Å²) in [5.74, 6) is -0.0456. The zero-order valence-electron chi connectivity index (χ0n) is 21.3. The SMILES string of the molecule is COc1ncccc1C(=O)N1CCC(C2(CCc3ccccc3)NC(=O)N(CCN(C)C)C2=O)CC1. The molecule has 1 N–H and O–H groups in total. The van der Waals surface area contributed by atoms with E-state index in [1.54, 1.807) is 23.2 Å². The summed E-state index contributed by atoms with van der Waals surface area (Å²) in [5, 5.41) is 3.11. The molecule has 9 heteroatoms. The lowest BCUT2D eigenvalue weighted by Gasteiger charge is -2.41. The number of amides is 4. The highest BCUT2D eigenvalue weighted by molar-refractivity contribution is 6.07. The van der Waals surface area contributed by atoms with Gasteiger partial charge in [-0.1, -0.05) is 30.3 Å². The Hall–Kier alpha value is -3.46. The minimum Gasteiger partial charge on any atom is -0.480 e. The number of ether oxygens (including phenoxy) is 1. The summed E-state index contributed by atoms with van der Waals surface area (Å²) in [6.07, 6.45) is 4.04. The van der Waals surface area contributed by atoms with Crippen LogP contribution in [0, 0.1) is 5.92 Å². The number of hydrogen-bond acceptors (Lipinski definition) is 6. The van der Waals surface area contributed by atoms with Crippen LogP contribution < -0.4 is 10.1 Å². The molecule has 1 aromatic heterocycles. The molecule has 0 aliphatic carbocycles. The third-order valence-electron chi connectivity index (χ3n) is 7.30. The van der Waals surface area contributed by atoms with E-state index in [-0.39, 0.29) is 23.8 Å². The van der Waals surface area contributed by atoms with Crippen LogP contribution in [0.15, 0.2) is 48.7 Å². The number of likely N-dealkylation sites (N-methyl/N-ethyl adjacent to an activating group) is 1. The molecule has 2 aliphatic heterocycles. The molecular weight excluding hydrogens is 458 g/mol. The number of methoxy groups -OCH3 is 1. The van der Waals surface area contributed by atoms with Gasteiger partial charge in [0, 0.05) is 32.4 Å². The molecule has 0 radical (unpaired) electrons. The van der Waals surface area contributed by atoms with Crippen molar-refractivity contribution >= 4 is 17.8 Å². The summed E-state index contributed by atoms with van der Waals surface area (Å²) in [7, 11) is 5.34. The summed E-state index contributed by atoms with van der Waals surface area (Å²) in [6, 6.07) is 13.1. The lowest BCUT2D eigenvalue weighted by molar-refractivity contribution is -0.134. The van der Waals surface area contributed by atoms with Crippen molar-refractivity contribution in [2.24, 2.45) is 5.92 Å². The molecule has 1 aromatic carbocycles. The number of benzene rings is 1. The fourth-order valence-electron chi connectivity index (χ4n) is 5.25. The van der Waals surface area contributed by atoms with E-state index in [2.05, 4.69) is 10.3 Å². The standard InChI is InChI=1S/C27H35N5O4/c1-30(2)18-19-32-25(34)27(29-26(32)35,14-11-20-8-5-4-6-9-20)21-12-16-31(17-13-21)24(33)22-10-7-15-28-23(22)36-3/h4-10,15,21H,11-14,16-19H2,1-3H3,(H,29,35). The quantitative estimate of drug-likeness (QED) is 0.539. The first-order chi connectivity index (χ1) is 17.4. The van der Waals surface area contributed by atoms with Crippen LogP contribution in [0.1, 0.15) is 35.2 Å². The molecule has 3 heterocycles. The summed E-state index contributed by atoms with van der Waals surface area (Å²) < 4.78 is 5.27. The molecular formula is C27H35N5O4. The van der Waals surface area contributed by atoms with Gasteiger partial charge in [0.2, 0.25) is 5.88 Å². The van der Waals surface area contributed by atoms with Gasteiger partial charge in [-0.3, -0.25) is 14.5 Å². The number of nitrogens with zero attached hydrogens (tertiary/aromatic N) is 4. The summed E-state index contributed by atoms with van der Waals surface area (Å²) >= 11 is 0. The van der Waals surface area contributed by atoms with E-state index in [9.17, 15) is 14.4 Å². The van der Waals surface area contributed by atoms with Gasteiger partial charge in [0.05, 0.1) is 7.11 Å². The van der Waals surface area contributed by atoms with Crippen molar-refractivity contribution in [2.75, 3.05) is 47.4 Å². The van der Waals surface area contributed by atoms with E-state index in [1.165, 1.54) is 12.0 Å². The molecule has 36 heavy (non-hydrogen) atoms. The van der Waals surface area contributed by atoms with Gasteiger partial charge >= 0.3 is 6.03 Å². The van der Waals surface area contributed by atoms with Crippen LogP contribution in [0.5, 0.6) is 5.88 Å². The van der Waals surface area contributed by atoms with Crippen LogP contribution in [-0.2, 0) is 11.2 Å². The highest BCUT2D eigenvalue weighted by Crippen LogP contribution is 2.37. The number of rotatable bonds is 9. The normalized spacial score (nSPS) is 20.7. The number of hydrogen-bond donors (Lipinski definition) is 1. The second-order valence-corrected chi connectivity index (χ2v) is 9.77. The first kappa shape index (κ1) is 25.6. The fourth-order valence-corrected chi connectivity index (χ4v) is 5.25.